The first-order valence-electron chi connectivity index (χ1n) is 11.8. The lowest BCUT2D eigenvalue weighted by Gasteiger charge is -2.10. The van der Waals surface area contributed by atoms with E-state index in [0.29, 0.717) is 12.1 Å². The second kappa shape index (κ2) is 10.6. The molecular weight excluding hydrogens is 511 g/mol. The summed E-state index contributed by atoms with van der Waals surface area (Å²) in [5, 5.41) is 19.8. The van der Waals surface area contributed by atoms with E-state index in [2.05, 4.69) is 32.3 Å². The molecule has 0 unspecified atom stereocenters. The molecule has 38 heavy (non-hydrogen) atoms. The fourth-order valence-electron chi connectivity index (χ4n) is 4.33. The first-order chi connectivity index (χ1) is 18.3. The molecule has 0 amide bonds. The topological polar surface area (TPSA) is 63.8 Å². The monoisotopic (exact) mass is 533 g/mol. The number of ether oxygens (including phenoxy) is 1. The Morgan fingerprint density at radius 1 is 1.11 bits per heavy atom. The zero-order valence-electron chi connectivity index (χ0n) is 20.2. The van der Waals surface area contributed by atoms with E-state index in [1.54, 1.807) is 29.2 Å². The van der Waals surface area contributed by atoms with Crippen LogP contribution in [-0.4, -0.2) is 21.3 Å². The molecule has 1 aliphatic rings. The molecule has 5 rings (SSSR count). The normalized spacial score (nSPS) is 13.1. The minimum atomic E-state index is -4.73. The number of hydrogen-bond donors (Lipinski definition) is 1. The van der Waals surface area contributed by atoms with Gasteiger partial charge in [-0.25, -0.2) is 4.68 Å². The Labute approximate surface area is 221 Å². The van der Waals surface area contributed by atoms with Crippen LogP contribution in [0.15, 0.2) is 83.2 Å². The molecule has 0 fully saturated rings. The molecule has 4 aromatic rings. The summed E-state index contributed by atoms with van der Waals surface area (Å²) in [5.41, 5.74) is 3.81. The minimum absolute atomic E-state index is 0.278. The smallest absolute Gasteiger partial charge is 0.406 e. The first-order valence-corrected chi connectivity index (χ1v) is 12.3. The van der Waals surface area contributed by atoms with Crippen molar-refractivity contribution in [3.05, 3.63) is 105 Å². The highest BCUT2D eigenvalue weighted by molar-refractivity contribution is 7.80. The van der Waals surface area contributed by atoms with Crippen LogP contribution >= 0.6 is 12.2 Å². The summed E-state index contributed by atoms with van der Waals surface area (Å²) in [5.74, 6) is -0.278. The number of nitrogens with zero attached hydrogens (tertiary/aromatic N) is 4. The molecule has 192 valence electrons. The van der Waals surface area contributed by atoms with E-state index in [-0.39, 0.29) is 10.9 Å². The van der Waals surface area contributed by atoms with Gasteiger partial charge in [-0.1, -0.05) is 43.3 Å². The van der Waals surface area contributed by atoms with E-state index in [0.717, 1.165) is 44.2 Å². The molecule has 0 bridgehead atoms. The number of para-hydroxylation sites is 1. The van der Waals surface area contributed by atoms with Crippen LogP contribution in [0.25, 0.3) is 18.0 Å². The van der Waals surface area contributed by atoms with Crippen molar-refractivity contribution in [1.82, 2.24) is 9.78 Å². The number of fused-ring (bicyclic) bond motifs is 2. The molecule has 10 heteroatoms. The van der Waals surface area contributed by atoms with Gasteiger partial charge >= 0.3 is 6.36 Å². The Morgan fingerprint density at radius 3 is 2.66 bits per heavy atom. The molecule has 0 radical (unpaired) electrons. The van der Waals surface area contributed by atoms with Gasteiger partial charge in [-0.3, -0.25) is 0 Å². The molecule has 3 aromatic carbocycles. The number of halogens is 3. The molecular formula is C28H22F3N5OS. The third-order valence-electron chi connectivity index (χ3n) is 6.05. The third kappa shape index (κ3) is 5.65. The number of hydrogen-bond acceptors (Lipinski definition) is 4. The van der Waals surface area contributed by atoms with Crippen LogP contribution in [0.2, 0.25) is 0 Å². The van der Waals surface area contributed by atoms with Crippen molar-refractivity contribution in [3.63, 3.8) is 0 Å². The number of aromatic nitrogens is 2. The molecule has 0 aliphatic heterocycles. The van der Waals surface area contributed by atoms with Gasteiger partial charge in [0.2, 0.25) is 5.11 Å². The van der Waals surface area contributed by atoms with Crippen LogP contribution in [0.4, 0.5) is 18.9 Å². The van der Waals surface area contributed by atoms with Gasteiger partial charge in [0.1, 0.15) is 5.75 Å². The maximum atomic E-state index is 12.5. The zero-order valence-corrected chi connectivity index (χ0v) is 21.1. The summed E-state index contributed by atoms with van der Waals surface area (Å²) in [6.07, 6.45) is 2.27. The average molecular weight is 534 g/mol. The maximum absolute atomic E-state index is 12.5. The molecule has 1 aromatic heterocycles. The fourth-order valence-corrected chi connectivity index (χ4v) is 4.48. The fraction of sp³-hybridized carbons (Fsp3) is 0.143. The van der Waals surface area contributed by atoms with Crippen molar-refractivity contribution in [2.75, 3.05) is 5.32 Å². The largest absolute Gasteiger partial charge is 0.573 e. The summed E-state index contributed by atoms with van der Waals surface area (Å²) in [4.78, 5) is 0. The number of azo groups is 1. The van der Waals surface area contributed by atoms with E-state index in [9.17, 15) is 13.2 Å². The van der Waals surface area contributed by atoms with Crippen LogP contribution in [0.3, 0.4) is 0 Å². The van der Waals surface area contributed by atoms with Gasteiger partial charge in [0, 0.05) is 10.9 Å². The Morgan fingerprint density at radius 2 is 1.89 bits per heavy atom. The Hall–Kier alpha value is -4.31. The highest BCUT2D eigenvalue weighted by atomic mass is 32.1. The minimum Gasteiger partial charge on any atom is -0.406 e. The number of benzene rings is 3. The number of alkyl halides is 3. The van der Waals surface area contributed by atoms with Crippen molar-refractivity contribution in [1.29, 1.82) is 0 Å². The van der Waals surface area contributed by atoms with E-state index in [1.807, 2.05) is 48.5 Å². The summed E-state index contributed by atoms with van der Waals surface area (Å²) >= 11 is 5.31. The maximum Gasteiger partial charge on any atom is 0.573 e. The summed E-state index contributed by atoms with van der Waals surface area (Å²) in [7, 11) is 0. The molecule has 1 aliphatic carbocycles. The molecule has 6 nitrogen and oxygen atoms in total. The molecule has 1 N–H and O–H groups in total. The van der Waals surface area contributed by atoms with Crippen LogP contribution < -0.4 is 20.6 Å². The molecule has 0 saturated carbocycles. The lowest BCUT2D eigenvalue weighted by atomic mass is 10.0. The number of rotatable bonds is 5. The molecule has 0 saturated heterocycles. The zero-order chi connectivity index (χ0) is 26.7. The number of anilines is 1. The highest BCUT2D eigenvalue weighted by Gasteiger charge is 2.31. The van der Waals surface area contributed by atoms with Crippen LogP contribution in [0.5, 0.6) is 5.75 Å². The van der Waals surface area contributed by atoms with Crippen molar-refractivity contribution in [2.45, 2.75) is 26.1 Å². The molecule has 0 atom stereocenters. The van der Waals surface area contributed by atoms with Crippen molar-refractivity contribution < 1.29 is 17.9 Å². The standard InChI is InChI=1S/C28H22F3N5OS/c1-2-19-5-3-4-6-25(19)34-27(38)35-32-16-18-7-13-23-20(15-18)8-14-26-24(23)17-33-36(26)21-9-11-22(12-10-21)37-28(29,30)31/h3-7,9-17H,2,8H2,1H3,(H,34,38). The predicted octanol–water partition coefficient (Wildman–Crippen LogP) is 5.54. The van der Waals surface area contributed by atoms with Crippen LogP contribution in [-0.2, 0) is 12.8 Å². The van der Waals surface area contributed by atoms with Crippen LogP contribution in [0.1, 0.15) is 18.1 Å². The predicted molar refractivity (Wildman–Crippen MR) is 143 cm³/mol. The second-order valence-corrected chi connectivity index (χ2v) is 8.89. The lowest BCUT2D eigenvalue weighted by Crippen LogP contribution is -2.20. The Balaban J connectivity index is 1.38. The van der Waals surface area contributed by atoms with Gasteiger partial charge in [-0.05, 0) is 83.0 Å². The van der Waals surface area contributed by atoms with Crippen molar-refractivity contribution in [3.8, 4) is 11.4 Å². The summed E-state index contributed by atoms with van der Waals surface area (Å²) in [6.45, 7) is 2.08. The van der Waals surface area contributed by atoms with Gasteiger partial charge in [-0.15, -0.1) is 18.3 Å². The van der Waals surface area contributed by atoms with Crippen molar-refractivity contribution in [2.24, 2.45) is 10.2 Å². The Kier molecular flexibility index (Phi) is 7.06. The number of aryl methyl sites for hydroxylation is 1. The van der Waals surface area contributed by atoms with E-state index >= 15 is 0 Å². The van der Waals surface area contributed by atoms with E-state index in [1.165, 1.54) is 12.1 Å². The van der Waals surface area contributed by atoms with Crippen LogP contribution in [0, 0.1) is 10.4 Å². The van der Waals surface area contributed by atoms with Crippen molar-refractivity contribution >= 4 is 35.3 Å². The number of nitrogens with one attached hydrogen (secondary N) is 1. The Bertz CT molecular complexity index is 1740. The molecule has 0 spiro atoms. The average Bonchev–Trinajstić information content (AvgIpc) is 3.33. The third-order valence-corrected chi connectivity index (χ3v) is 6.24. The second-order valence-electron chi connectivity index (χ2n) is 8.51. The number of thiocarbonyl (C=S) groups is 1. The SMILES string of the molecule is CCc1ccccc1NC(=S)N=NC=c1ccc2c(c1)CC=c1c=2cnn1-c1ccc(OC(F)(F)F)cc1. The van der Waals surface area contributed by atoms with Gasteiger partial charge in [0.25, 0.3) is 0 Å². The van der Waals surface area contributed by atoms with E-state index in [4.69, 9.17) is 12.2 Å². The first kappa shape index (κ1) is 25.3. The van der Waals surface area contributed by atoms with E-state index < -0.39 is 6.36 Å². The quantitative estimate of drug-likeness (QED) is 0.270. The lowest BCUT2D eigenvalue weighted by molar-refractivity contribution is -0.274. The van der Waals surface area contributed by atoms with Gasteiger partial charge in [0.05, 0.1) is 23.4 Å². The van der Waals surface area contributed by atoms with Gasteiger partial charge in [0.15, 0.2) is 0 Å². The summed E-state index contributed by atoms with van der Waals surface area (Å²) in [6, 6.07) is 19.5. The highest BCUT2D eigenvalue weighted by Crippen LogP contribution is 2.23. The molecule has 1 heterocycles. The van der Waals surface area contributed by atoms with Gasteiger partial charge in [-0.2, -0.15) is 10.2 Å². The summed E-state index contributed by atoms with van der Waals surface area (Å²) < 4.78 is 43.0. The van der Waals surface area contributed by atoms with Gasteiger partial charge < -0.3 is 10.1 Å².